The minimum Gasteiger partial charge on any atom is -0.437 e. The highest BCUT2D eigenvalue weighted by Gasteiger charge is 2.05. The van der Waals surface area contributed by atoms with Gasteiger partial charge in [0.05, 0.1) is 0 Å². The number of hydrogen-bond donors (Lipinski definition) is 1. The molecule has 2 aromatic heterocycles. The minimum atomic E-state index is 0.525. The number of aromatic nitrogens is 2. The van der Waals surface area contributed by atoms with Crippen molar-refractivity contribution in [3.8, 4) is 0 Å². The maximum atomic E-state index is 5.97. The van der Waals surface area contributed by atoms with Crippen molar-refractivity contribution in [3.05, 3.63) is 53.0 Å². The number of nitrogen functional groups attached to an aromatic ring is 1. The number of nitrogens with zero attached hydrogens (tertiary/aromatic N) is 2. The third kappa shape index (κ3) is 2.65. The van der Waals surface area contributed by atoms with Crippen LogP contribution in [0.3, 0.4) is 0 Å². The Bertz CT molecular complexity index is 785. The Hall–Kier alpha value is -2.62. The molecule has 0 unspecified atom stereocenters. The van der Waals surface area contributed by atoms with Crippen LogP contribution in [0.2, 0.25) is 0 Å². The molecule has 0 saturated carbocycles. The van der Waals surface area contributed by atoms with E-state index in [9.17, 15) is 0 Å². The molecule has 0 bridgehead atoms. The Morgan fingerprint density at radius 3 is 2.76 bits per heavy atom. The van der Waals surface area contributed by atoms with Crippen molar-refractivity contribution in [2.75, 3.05) is 5.73 Å². The van der Waals surface area contributed by atoms with Crippen molar-refractivity contribution in [2.24, 2.45) is 0 Å². The molecular formula is C17H17N3O. The summed E-state index contributed by atoms with van der Waals surface area (Å²) in [5, 5.41) is 0. The lowest BCUT2D eigenvalue weighted by Gasteiger charge is -2.06. The lowest BCUT2D eigenvalue weighted by atomic mass is 10.1. The number of rotatable bonds is 3. The van der Waals surface area contributed by atoms with E-state index >= 15 is 0 Å². The van der Waals surface area contributed by atoms with Gasteiger partial charge in [0.2, 0.25) is 5.89 Å². The predicted octanol–water partition coefficient (Wildman–Crippen LogP) is 3.85. The molecule has 2 N–H and O–H groups in total. The molecule has 4 nitrogen and oxygen atoms in total. The average molecular weight is 279 g/mol. The summed E-state index contributed by atoms with van der Waals surface area (Å²) in [5.41, 5.74) is 10.7. The van der Waals surface area contributed by atoms with Gasteiger partial charge in [0, 0.05) is 17.3 Å². The lowest BCUT2D eigenvalue weighted by molar-refractivity contribution is 0.590. The number of anilines is 1. The van der Waals surface area contributed by atoms with Gasteiger partial charge in [0.25, 0.3) is 0 Å². The summed E-state index contributed by atoms with van der Waals surface area (Å²) in [5.74, 6) is 1.09. The second-order valence-corrected chi connectivity index (χ2v) is 4.91. The van der Waals surface area contributed by atoms with Crippen LogP contribution in [0.5, 0.6) is 0 Å². The first kappa shape index (κ1) is 13.4. The molecule has 3 rings (SSSR count). The average Bonchev–Trinajstić information content (AvgIpc) is 2.89. The fourth-order valence-electron chi connectivity index (χ4n) is 2.30. The van der Waals surface area contributed by atoms with Crippen molar-refractivity contribution in [2.45, 2.75) is 20.3 Å². The number of oxazole rings is 1. The number of para-hydroxylation sites is 2. The van der Waals surface area contributed by atoms with E-state index < -0.39 is 0 Å². The normalized spacial score (nSPS) is 11.5. The summed E-state index contributed by atoms with van der Waals surface area (Å²) in [7, 11) is 0. The third-order valence-corrected chi connectivity index (χ3v) is 3.48. The quantitative estimate of drug-likeness (QED) is 0.791. The molecule has 3 aromatic rings. The molecule has 0 spiro atoms. The van der Waals surface area contributed by atoms with Crippen LogP contribution in [-0.4, -0.2) is 9.97 Å². The highest BCUT2D eigenvalue weighted by Crippen LogP contribution is 2.20. The minimum absolute atomic E-state index is 0.525. The van der Waals surface area contributed by atoms with Crippen molar-refractivity contribution in [3.63, 3.8) is 0 Å². The Morgan fingerprint density at radius 1 is 1.19 bits per heavy atom. The summed E-state index contributed by atoms with van der Waals surface area (Å²) in [4.78, 5) is 8.78. The molecule has 0 amide bonds. The van der Waals surface area contributed by atoms with Crippen LogP contribution in [0.25, 0.3) is 23.3 Å². The van der Waals surface area contributed by atoms with Gasteiger partial charge >= 0.3 is 0 Å². The van der Waals surface area contributed by atoms with Gasteiger partial charge in [0.15, 0.2) is 5.58 Å². The summed E-state index contributed by atoms with van der Waals surface area (Å²) in [6, 6.07) is 9.75. The molecular weight excluding hydrogens is 262 g/mol. The molecule has 1 aromatic carbocycles. The van der Waals surface area contributed by atoms with Gasteiger partial charge in [-0.3, -0.25) is 0 Å². The van der Waals surface area contributed by atoms with Gasteiger partial charge in [-0.05, 0) is 43.2 Å². The van der Waals surface area contributed by atoms with Gasteiger partial charge in [-0.2, -0.15) is 0 Å². The smallest absolute Gasteiger partial charge is 0.220 e. The first-order valence-electron chi connectivity index (χ1n) is 6.97. The zero-order chi connectivity index (χ0) is 14.8. The molecule has 0 aliphatic carbocycles. The van der Waals surface area contributed by atoms with E-state index in [2.05, 4.69) is 23.0 Å². The van der Waals surface area contributed by atoms with Gasteiger partial charge in [-0.1, -0.05) is 19.1 Å². The maximum absolute atomic E-state index is 5.97. The fraction of sp³-hybridized carbons (Fsp3) is 0.176. The van der Waals surface area contributed by atoms with E-state index in [4.69, 9.17) is 10.2 Å². The van der Waals surface area contributed by atoms with Gasteiger partial charge in [-0.15, -0.1) is 0 Å². The predicted molar refractivity (Wildman–Crippen MR) is 85.7 cm³/mol. The van der Waals surface area contributed by atoms with Gasteiger partial charge in [0.1, 0.15) is 11.3 Å². The molecule has 21 heavy (non-hydrogen) atoms. The number of aryl methyl sites for hydroxylation is 2. The van der Waals surface area contributed by atoms with Crippen LogP contribution in [0.1, 0.15) is 29.6 Å². The molecule has 0 aliphatic rings. The molecule has 0 saturated heterocycles. The standard InChI is InChI=1S/C17H17N3O/c1-3-12-10-13(17(18)19-11(12)2)8-9-16-20-14-6-4-5-7-15(14)21-16/h4-10H,3H2,1-2H3,(H2,18,19)/b9-8+. The molecule has 4 heteroatoms. The monoisotopic (exact) mass is 279 g/mol. The van der Waals surface area contributed by atoms with Crippen molar-refractivity contribution >= 4 is 29.1 Å². The largest absolute Gasteiger partial charge is 0.437 e. The summed E-state index contributed by atoms with van der Waals surface area (Å²) >= 11 is 0. The van der Waals surface area contributed by atoms with Crippen LogP contribution >= 0.6 is 0 Å². The summed E-state index contributed by atoms with van der Waals surface area (Å²) in [6.07, 6.45) is 4.65. The van der Waals surface area contributed by atoms with E-state index in [-0.39, 0.29) is 0 Å². The first-order valence-corrected chi connectivity index (χ1v) is 6.97. The number of nitrogens with two attached hydrogens (primary N) is 1. The van der Waals surface area contributed by atoms with E-state index in [1.807, 2.05) is 43.3 Å². The Labute approximate surface area is 123 Å². The molecule has 106 valence electrons. The maximum Gasteiger partial charge on any atom is 0.220 e. The van der Waals surface area contributed by atoms with Crippen LogP contribution in [0, 0.1) is 6.92 Å². The molecule has 2 heterocycles. The molecule has 0 aliphatic heterocycles. The fourth-order valence-corrected chi connectivity index (χ4v) is 2.30. The van der Waals surface area contributed by atoms with E-state index in [1.54, 1.807) is 0 Å². The van der Waals surface area contributed by atoms with Gasteiger partial charge in [-0.25, -0.2) is 9.97 Å². The Kier molecular flexibility index (Phi) is 3.44. The van der Waals surface area contributed by atoms with E-state index in [0.29, 0.717) is 11.7 Å². The van der Waals surface area contributed by atoms with Crippen LogP contribution in [0.15, 0.2) is 34.7 Å². The highest BCUT2D eigenvalue weighted by atomic mass is 16.3. The lowest BCUT2D eigenvalue weighted by Crippen LogP contribution is -1.99. The number of hydrogen-bond acceptors (Lipinski definition) is 4. The Morgan fingerprint density at radius 2 is 2.00 bits per heavy atom. The van der Waals surface area contributed by atoms with Crippen molar-refractivity contribution in [1.82, 2.24) is 9.97 Å². The second kappa shape index (κ2) is 5.40. The zero-order valence-electron chi connectivity index (χ0n) is 12.1. The summed E-state index contributed by atoms with van der Waals surface area (Å²) < 4.78 is 5.65. The Balaban J connectivity index is 1.95. The highest BCUT2D eigenvalue weighted by molar-refractivity contribution is 5.77. The van der Waals surface area contributed by atoms with Crippen LogP contribution in [0.4, 0.5) is 5.82 Å². The third-order valence-electron chi connectivity index (χ3n) is 3.48. The number of benzene rings is 1. The molecule has 0 atom stereocenters. The number of fused-ring (bicyclic) bond motifs is 1. The van der Waals surface area contributed by atoms with Crippen molar-refractivity contribution < 1.29 is 4.42 Å². The first-order chi connectivity index (χ1) is 10.2. The molecule has 0 radical (unpaired) electrons. The van der Waals surface area contributed by atoms with Crippen LogP contribution in [-0.2, 0) is 6.42 Å². The molecule has 0 fully saturated rings. The second-order valence-electron chi connectivity index (χ2n) is 4.91. The van der Waals surface area contributed by atoms with E-state index in [0.717, 1.165) is 28.8 Å². The SMILES string of the molecule is CCc1cc(/C=C/c2nc3ccccc3o2)c(N)nc1C. The summed E-state index contributed by atoms with van der Waals surface area (Å²) in [6.45, 7) is 4.08. The van der Waals surface area contributed by atoms with Gasteiger partial charge < -0.3 is 10.2 Å². The van der Waals surface area contributed by atoms with Crippen LogP contribution < -0.4 is 5.73 Å². The topological polar surface area (TPSA) is 64.9 Å². The number of pyridine rings is 1. The zero-order valence-corrected chi connectivity index (χ0v) is 12.1. The van der Waals surface area contributed by atoms with Crippen molar-refractivity contribution in [1.29, 1.82) is 0 Å². The van der Waals surface area contributed by atoms with E-state index in [1.165, 1.54) is 5.56 Å².